The summed E-state index contributed by atoms with van der Waals surface area (Å²) in [7, 11) is -1.74. The molecule has 0 fully saturated rings. The molecule has 0 saturated heterocycles. The lowest BCUT2D eigenvalue weighted by Crippen LogP contribution is -2.30. The second-order valence-corrected chi connectivity index (χ2v) is 8.15. The van der Waals surface area contributed by atoms with E-state index in [0.29, 0.717) is 17.0 Å². The molecule has 1 amide bonds. The maximum Gasteiger partial charge on any atom is 0.338 e. The normalized spacial score (nSPS) is 12.1. The summed E-state index contributed by atoms with van der Waals surface area (Å²) in [5, 5.41) is 2.64. The van der Waals surface area contributed by atoms with Crippen molar-refractivity contribution >= 4 is 27.4 Å². The molecule has 0 aromatic heterocycles. The number of hydrogen-bond donors (Lipinski definition) is 1. The minimum atomic E-state index is -3.23. The van der Waals surface area contributed by atoms with Crippen LogP contribution in [0.4, 0.5) is 5.69 Å². The van der Waals surface area contributed by atoms with E-state index in [1.54, 1.807) is 36.4 Å². The van der Waals surface area contributed by atoms with Gasteiger partial charge in [0.1, 0.15) is 5.75 Å². The van der Waals surface area contributed by atoms with E-state index < -0.39 is 27.8 Å². The topological polar surface area (TPSA) is 98.8 Å². The Bertz CT molecular complexity index is 939. The maximum atomic E-state index is 12.3. The fourth-order valence-corrected chi connectivity index (χ4v) is 3.14. The monoisotopic (exact) mass is 391 g/mol. The number of rotatable bonds is 7. The quantitative estimate of drug-likeness (QED) is 0.728. The van der Waals surface area contributed by atoms with E-state index >= 15 is 0 Å². The zero-order valence-corrected chi connectivity index (χ0v) is 16.1. The molecule has 0 saturated carbocycles. The Morgan fingerprint density at radius 2 is 1.81 bits per heavy atom. The second-order valence-electron chi connectivity index (χ2n) is 6.01. The molecule has 2 rings (SSSR count). The lowest BCUT2D eigenvalue weighted by molar-refractivity contribution is -0.123. The molecule has 2 aromatic carbocycles. The summed E-state index contributed by atoms with van der Waals surface area (Å²) < 4.78 is 33.1. The van der Waals surface area contributed by atoms with Crippen molar-refractivity contribution in [1.29, 1.82) is 0 Å². The second kappa shape index (κ2) is 8.68. The van der Waals surface area contributed by atoms with Crippen LogP contribution in [0.2, 0.25) is 0 Å². The van der Waals surface area contributed by atoms with Gasteiger partial charge in [0, 0.05) is 6.26 Å². The highest BCUT2D eigenvalue weighted by atomic mass is 32.2. The van der Waals surface area contributed by atoms with Crippen LogP contribution in [0, 0.1) is 0 Å². The lowest BCUT2D eigenvalue weighted by atomic mass is 10.1. The molecule has 0 heterocycles. The Morgan fingerprint density at radius 3 is 2.48 bits per heavy atom. The highest BCUT2D eigenvalue weighted by Crippen LogP contribution is 2.23. The SMILES string of the molecule is COc1ccccc1NC(=O)C(C)OC(=O)c1cccc(CS(C)(=O)=O)c1. The molecular formula is C19H21NO6S. The van der Waals surface area contributed by atoms with Crippen molar-refractivity contribution in [2.24, 2.45) is 0 Å². The van der Waals surface area contributed by atoms with Gasteiger partial charge in [0.2, 0.25) is 0 Å². The Labute approximate surface area is 158 Å². The standard InChI is InChI=1S/C19H21NO6S/c1-13(18(21)20-16-9-4-5-10-17(16)25-2)26-19(22)15-8-6-7-14(11-15)12-27(3,23)24/h4-11,13H,12H2,1-3H3,(H,20,21). The van der Waals surface area contributed by atoms with Gasteiger partial charge < -0.3 is 14.8 Å². The van der Waals surface area contributed by atoms with Gasteiger partial charge in [-0.2, -0.15) is 0 Å². The summed E-state index contributed by atoms with van der Waals surface area (Å²) in [6, 6.07) is 13.0. The average molecular weight is 391 g/mol. The summed E-state index contributed by atoms with van der Waals surface area (Å²) in [6.45, 7) is 1.45. The Kier molecular flexibility index (Phi) is 6.57. The summed E-state index contributed by atoms with van der Waals surface area (Å²) in [5.41, 5.74) is 1.11. The summed E-state index contributed by atoms with van der Waals surface area (Å²) >= 11 is 0. The molecule has 0 radical (unpaired) electrons. The molecule has 27 heavy (non-hydrogen) atoms. The van der Waals surface area contributed by atoms with Crippen molar-refractivity contribution in [3.8, 4) is 5.75 Å². The third-order valence-electron chi connectivity index (χ3n) is 3.61. The molecule has 1 unspecified atom stereocenters. The summed E-state index contributed by atoms with van der Waals surface area (Å²) in [5.74, 6) is -0.927. The van der Waals surface area contributed by atoms with Crippen molar-refractivity contribution in [2.75, 3.05) is 18.7 Å². The van der Waals surface area contributed by atoms with Crippen molar-refractivity contribution in [3.05, 3.63) is 59.7 Å². The first kappa shape index (κ1) is 20.4. The van der Waals surface area contributed by atoms with Gasteiger partial charge in [-0.3, -0.25) is 4.79 Å². The van der Waals surface area contributed by atoms with Gasteiger partial charge in [-0.15, -0.1) is 0 Å². The molecule has 8 heteroatoms. The molecule has 0 bridgehead atoms. The zero-order chi connectivity index (χ0) is 20.0. The number of carbonyl (C=O) groups is 2. The first-order valence-corrected chi connectivity index (χ1v) is 10.2. The fraction of sp³-hybridized carbons (Fsp3) is 0.263. The number of anilines is 1. The molecule has 0 aliphatic rings. The first-order chi connectivity index (χ1) is 12.7. The molecule has 7 nitrogen and oxygen atoms in total. The summed E-state index contributed by atoms with van der Waals surface area (Å²) in [6.07, 6.45) is 0.0587. The van der Waals surface area contributed by atoms with Gasteiger partial charge in [0.15, 0.2) is 15.9 Å². The Balaban J connectivity index is 2.04. The van der Waals surface area contributed by atoms with Crippen LogP contribution in [0.3, 0.4) is 0 Å². The van der Waals surface area contributed by atoms with E-state index in [9.17, 15) is 18.0 Å². The minimum absolute atomic E-state index is 0.174. The fourth-order valence-electron chi connectivity index (χ4n) is 2.36. The van der Waals surface area contributed by atoms with Crippen LogP contribution in [-0.4, -0.2) is 39.8 Å². The first-order valence-electron chi connectivity index (χ1n) is 8.11. The molecule has 0 aliphatic carbocycles. The smallest absolute Gasteiger partial charge is 0.338 e. The highest BCUT2D eigenvalue weighted by molar-refractivity contribution is 7.89. The van der Waals surface area contributed by atoms with Gasteiger partial charge >= 0.3 is 5.97 Å². The van der Waals surface area contributed by atoms with Gasteiger partial charge in [0.05, 0.1) is 24.1 Å². The van der Waals surface area contributed by atoms with E-state index in [4.69, 9.17) is 9.47 Å². The van der Waals surface area contributed by atoms with E-state index in [-0.39, 0.29) is 11.3 Å². The number of ether oxygens (including phenoxy) is 2. The molecule has 0 aliphatic heterocycles. The van der Waals surface area contributed by atoms with E-state index in [1.807, 2.05) is 0 Å². The number of benzene rings is 2. The van der Waals surface area contributed by atoms with Gasteiger partial charge in [-0.25, -0.2) is 13.2 Å². The number of sulfone groups is 1. The third-order valence-corrected chi connectivity index (χ3v) is 4.47. The van der Waals surface area contributed by atoms with Gasteiger partial charge in [-0.05, 0) is 36.8 Å². The van der Waals surface area contributed by atoms with Crippen LogP contribution in [0.25, 0.3) is 0 Å². The highest BCUT2D eigenvalue weighted by Gasteiger charge is 2.20. The van der Waals surface area contributed by atoms with E-state index in [0.717, 1.165) is 6.26 Å². The van der Waals surface area contributed by atoms with E-state index in [1.165, 1.54) is 26.2 Å². The minimum Gasteiger partial charge on any atom is -0.495 e. The van der Waals surface area contributed by atoms with Crippen molar-refractivity contribution in [2.45, 2.75) is 18.8 Å². The molecule has 1 N–H and O–H groups in total. The molecule has 0 spiro atoms. The van der Waals surface area contributed by atoms with E-state index in [2.05, 4.69) is 5.32 Å². The van der Waals surface area contributed by atoms with Crippen LogP contribution in [-0.2, 0) is 25.1 Å². The van der Waals surface area contributed by atoms with Gasteiger partial charge in [-0.1, -0.05) is 24.3 Å². The van der Waals surface area contributed by atoms with Crippen LogP contribution in [0.1, 0.15) is 22.8 Å². The summed E-state index contributed by atoms with van der Waals surface area (Å²) in [4.78, 5) is 24.6. The molecule has 1 atom stereocenters. The number of amides is 1. The van der Waals surface area contributed by atoms with Gasteiger partial charge in [0.25, 0.3) is 5.91 Å². The van der Waals surface area contributed by atoms with Crippen LogP contribution < -0.4 is 10.1 Å². The van der Waals surface area contributed by atoms with Crippen LogP contribution >= 0.6 is 0 Å². The Morgan fingerprint density at radius 1 is 1.11 bits per heavy atom. The van der Waals surface area contributed by atoms with Crippen molar-refractivity contribution in [1.82, 2.24) is 0 Å². The zero-order valence-electron chi connectivity index (χ0n) is 15.3. The maximum absolute atomic E-state index is 12.3. The largest absolute Gasteiger partial charge is 0.495 e. The molecule has 144 valence electrons. The number of esters is 1. The number of methoxy groups -OCH3 is 1. The van der Waals surface area contributed by atoms with Crippen molar-refractivity contribution in [3.63, 3.8) is 0 Å². The number of nitrogens with one attached hydrogen (secondary N) is 1. The number of carbonyl (C=O) groups excluding carboxylic acids is 2. The molecule has 2 aromatic rings. The predicted octanol–water partition coefficient (Wildman–Crippen LogP) is 2.42. The molecular weight excluding hydrogens is 370 g/mol. The average Bonchev–Trinajstić information content (AvgIpc) is 2.60. The number of hydrogen-bond acceptors (Lipinski definition) is 6. The third kappa shape index (κ3) is 6.10. The van der Waals surface area contributed by atoms with Crippen LogP contribution in [0.5, 0.6) is 5.75 Å². The Hall–Kier alpha value is -2.87. The number of para-hydroxylation sites is 2. The predicted molar refractivity (Wildman–Crippen MR) is 101 cm³/mol. The van der Waals surface area contributed by atoms with Crippen molar-refractivity contribution < 1.29 is 27.5 Å². The van der Waals surface area contributed by atoms with Crippen LogP contribution in [0.15, 0.2) is 48.5 Å². The lowest BCUT2D eigenvalue weighted by Gasteiger charge is -2.15.